The van der Waals surface area contributed by atoms with Gasteiger partial charge in [-0.3, -0.25) is 4.79 Å². The zero-order valence-electron chi connectivity index (χ0n) is 20.4. The van der Waals surface area contributed by atoms with Crippen molar-refractivity contribution in [1.29, 1.82) is 0 Å². The number of methoxy groups -OCH3 is 1. The van der Waals surface area contributed by atoms with E-state index >= 15 is 0 Å². The number of anilines is 1. The largest absolute Gasteiger partial charge is 0.497 e. The molecule has 5 heteroatoms. The van der Waals surface area contributed by atoms with Gasteiger partial charge in [0, 0.05) is 23.6 Å². The molecule has 0 fully saturated rings. The van der Waals surface area contributed by atoms with Crippen LogP contribution < -0.4 is 9.64 Å². The van der Waals surface area contributed by atoms with Gasteiger partial charge in [-0.25, -0.2) is 4.79 Å². The number of benzene rings is 3. The van der Waals surface area contributed by atoms with Gasteiger partial charge in [0.25, 0.3) is 0 Å². The van der Waals surface area contributed by atoms with Gasteiger partial charge in [0.1, 0.15) is 12.4 Å². The summed E-state index contributed by atoms with van der Waals surface area (Å²) in [7, 11) is 1.61. The summed E-state index contributed by atoms with van der Waals surface area (Å²) in [4.78, 5) is 27.5. The molecule has 0 saturated carbocycles. The predicted octanol–water partition coefficient (Wildman–Crippen LogP) is 5.89. The molecule has 0 spiro atoms. The molecule has 1 unspecified atom stereocenters. The fourth-order valence-electron chi connectivity index (χ4n) is 5.28. The Labute approximate surface area is 201 Å². The number of rotatable bonds is 5. The van der Waals surface area contributed by atoms with Crippen molar-refractivity contribution in [3.05, 3.63) is 95.1 Å². The molecule has 34 heavy (non-hydrogen) atoms. The second-order valence-corrected chi connectivity index (χ2v) is 9.70. The Balaban J connectivity index is 1.71. The van der Waals surface area contributed by atoms with Crippen molar-refractivity contribution in [3.8, 4) is 5.75 Å². The average molecular weight is 458 g/mol. The average Bonchev–Trinajstić information content (AvgIpc) is 2.82. The summed E-state index contributed by atoms with van der Waals surface area (Å²) in [5, 5.41) is 0. The number of esters is 1. The molecule has 1 heterocycles. The molecule has 0 saturated heterocycles. The van der Waals surface area contributed by atoms with E-state index in [-0.39, 0.29) is 23.5 Å². The molecule has 0 N–H and O–H groups in total. The minimum atomic E-state index is -0.395. The molecular weight excluding hydrogens is 426 g/mol. The molecule has 0 aliphatic carbocycles. The number of carbonyl (C=O) groups is 2. The van der Waals surface area contributed by atoms with Crippen molar-refractivity contribution in [1.82, 2.24) is 0 Å². The summed E-state index contributed by atoms with van der Waals surface area (Å²) in [6.45, 7) is 8.13. The van der Waals surface area contributed by atoms with Gasteiger partial charge < -0.3 is 14.4 Å². The van der Waals surface area contributed by atoms with E-state index in [4.69, 9.17) is 9.47 Å². The summed E-state index contributed by atoms with van der Waals surface area (Å²) in [6.07, 6.45) is 0.723. The Hall–Kier alpha value is -3.60. The molecule has 1 aliphatic rings. The Kier molecular flexibility index (Phi) is 6.22. The lowest BCUT2D eigenvalue weighted by Gasteiger charge is -2.51. The van der Waals surface area contributed by atoms with Crippen molar-refractivity contribution < 1.29 is 19.1 Å². The topological polar surface area (TPSA) is 55.8 Å². The number of carbonyl (C=O) groups excluding carboxylic acids is 2. The fourth-order valence-corrected chi connectivity index (χ4v) is 5.28. The molecule has 0 aromatic heterocycles. The highest BCUT2D eigenvalue weighted by molar-refractivity contribution is 5.97. The van der Waals surface area contributed by atoms with Crippen LogP contribution in [-0.4, -0.2) is 24.5 Å². The van der Waals surface area contributed by atoms with Crippen molar-refractivity contribution in [3.63, 3.8) is 0 Å². The summed E-state index contributed by atoms with van der Waals surface area (Å²) in [6, 6.07) is 23.2. The number of fused-ring (bicyclic) bond motifs is 1. The van der Waals surface area contributed by atoms with Crippen LogP contribution in [0.15, 0.2) is 72.8 Å². The zero-order valence-corrected chi connectivity index (χ0v) is 20.4. The van der Waals surface area contributed by atoms with Gasteiger partial charge in [0.2, 0.25) is 5.91 Å². The summed E-state index contributed by atoms with van der Waals surface area (Å²) in [5.74, 6) is 0.340. The zero-order chi connectivity index (χ0) is 24.5. The lowest BCUT2D eigenvalue weighted by molar-refractivity contribution is -0.117. The van der Waals surface area contributed by atoms with Crippen LogP contribution in [0, 0.1) is 0 Å². The molecule has 1 amide bonds. The number of hydrogen-bond acceptors (Lipinski definition) is 4. The maximum absolute atomic E-state index is 13.0. The quantitative estimate of drug-likeness (QED) is 0.448. The van der Waals surface area contributed by atoms with Gasteiger partial charge in [0.15, 0.2) is 0 Å². The highest BCUT2D eigenvalue weighted by Crippen LogP contribution is 2.50. The minimum absolute atomic E-state index is 0.0174. The smallest absolute Gasteiger partial charge is 0.338 e. The lowest BCUT2D eigenvalue weighted by atomic mass is 9.65. The third kappa shape index (κ3) is 4.30. The van der Waals surface area contributed by atoms with E-state index in [0.29, 0.717) is 5.56 Å². The van der Waals surface area contributed by atoms with E-state index < -0.39 is 5.97 Å². The molecule has 4 rings (SSSR count). The van der Waals surface area contributed by atoms with Crippen LogP contribution in [0.1, 0.15) is 61.2 Å². The number of amides is 1. The molecule has 3 aromatic carbocycles. The fraction of sp³-hybridized carbons (Fsp3) is 0.310. The molecular formula is C29H31NO4. The van der Waals surface area contributed by atoms with Crippen molar-refractivity contribution in [2.24, 2.45) is 0 Å². The summed E-state index contributed by atoms with van der Waals surface area (Å²) in [5.41, 5.74) is 3.52. The normalized spacial score (nSPS) is 18.7. The Bertz CT molecular complexity index is 1200. The maximum Gasteiger partial charge on any atom is 0.338 e. The first-order valence-electron chi connectivity index (χ1n) is 11.5. The molecule has 3 aromatic rings. The Morgan fingerprint density at radius 3 is 2.24 bits per heavy atom. The highest BCUT2D eigenvalue weighted by Gasteiger charge is 2.47. The predicted molar refractivity (Wildman–Crippen MR) is 133 cm³/mol. The standard InChI is InChI=1S/C29H31NO4/c1-20(31)30-26-16-13-22(27(32)34-18-21-11-14-24(33-5)15-12-21)17-25(26)29(4,19-28(30,2)3)23-9-7-6-8-10-23/h6-17H,18-19H2,1-5H3. The number of hydrogen-bond donors (Lipinski definition) is 0. The van der Waals surface area contributed by atoms with E-state index in [2.05, 4.69) is 32.9 Å². The van der Waals surface area contributed by atoms with Crippen LogP contribution in [0.2, 0.25) is 0 Å². The monoisotopic (exact) mass is 457 g/mol. The van der Waals surface area contributed by atoms with Crippen LogP contribution in [0.25, 0.3) is 0 Å². The van der Waals surface area contributed by atoms with Gasteiger partial charge in [-0.15, -0.1) is 0 Å². The molecule has 1 atom stereocenters. The first kappa shape index (κ1) is 23.6. The third-order valence-corrected chi connectivity index (χ3v) is 6.71. The molecule has 0 radical (unpaired) electrons. The Morgan fingerprint density at radius 2 is 1.62 bits per heavy atom. The molecule has 0 bridgehead atoms. The van der Waals surface area contributed by atoms with Crippen LogP contribution in [0.3, 0.4) is 0 Å². The van der Waals surface area contributed by atoms with Gasteiger partial charge in [0.05, 0.1) is 12.7 Å². The van der Waals surface area contributed by atoms with Gasteiger partial charge in [-0.2, -0.15) is 0 Å². The van der Waals surface area contributed by atoms with Gasteiger partial charge >= 0.3 is 5.97 Å². The van der Waals surface area contributed by atoms with Crippen molar-refractivity contribution in [2.75, 3.05) is 12.0 Å². The van der Waals surface area contributed by atoms with Crippen LogP contribution in [0.5, 0.6) is 5.75 Å². The second-order valence-electron chi connectivity index (χ2n) is 9.70. The van der Waals surface area contributed by atoms with E-state index in [1.807, 2.05) is 59.5 Å². The number of ether oxygens (including phenoxy) is 2. The minimum Gasteiger partial charge on any atom is -0.497 e. The summed E-state index contributed by atoms with van der Waals surface area (Å²) >= 11 is 0. The molecule has 176 valence electrons. The van der Waals surface area contributed by atoms with Gasteiger partial charge in [-0.05, 0) is 67.3 Å². The van der Waals surface area contributed by atoms with Crippen LogP contribution in [-0.2, 0) is 21.6 Å². The lowest BCUT2D eigenvalue weighted by Crippen LogP contribution is -2.55. The van der Waals surface area contributed by atoms with Crippen LogP contribution in [0.4, 0.5) is 5.69 Å². The maximum atomic E-state index is 13.0. The van der Waals surface area contributed by atoms with E-state index in [1.165, 1.54) is 0 Å². The van der Waals surface area contributed by atoms with E-state index in [0.717, 1.165) is 34.5 Å². The third-order valence-electron chi connectivity index (χ3n) is 6.71. The Morgan fingerprint density at radius 1 is 0.941 bits per heavy atom. The summed E-state index contributed by atoms with van der Waals surface area (Å²) < 4.78 is 10.8. The van der Waals surface area contributed by atoms with Gasteiger partial charge in [-0.1, -0.05) is 49.4 Å². The highest BCUT2D eigenvalue weighted by atomic mass is 16.5. The van der Waals surface area contributed by atoms with Crippen molar-refractivity contribution in [2.45, 2.75) is 51.7 Å². The van der Waals surface area contributed by atoms with Crippen molar-refractivity contribution >= 4 is 17.6 Å². The van der Waals surface area contributed by atoms with E-state index in [1.54, 1.807) is 20.1 Å². The second kappa shape index (κ2) is 8.98. The SMILES string of the molecule is COc1ccc(COC(=O)c2ccc3c(c2)C(C)(c2ccccc2)CC(C)(C)N3C(C)=O)cc1. The van der Waals surface area contributed by atoms with Crippen LogP contribution >= 0.6 is 0 Å². The molecule has 5 nitrogen and oxygen atoms in total. The molecule has 1 aliphatic heterocycles. The first-order chi connectivity index (χ1) is 16.2. The first-order valence-corrected chi connectivity index (χ1v) is 11.5. The number of nitrogens with zero attached hydrogens (tertiary/aromatic N) is 1. The van der Waals surface area contributed by atoms with E-state index in [9.17, 15) is 9.59 Å².